The molecular formula is C21H25ClN2O2. The van der Waals surface area contributed by atoms with E-state index in [-0.39, 0.29) is 0 Å². The molecule has 0 unspecified atom stereocenters. The van der Waals surface area contributed by atoms with Crippen LogP contribution in [0.1, 0.15) is 24.0 Å². The van der Waals surface area contributed by atoms with E-state index in [9.17, 15) is 0 Å². The predicted octanol–water partition coefficient (Wildman–Crippen LogP) is 5.10. The topological polar surface area (TPSA) is 60.3 Å². The molecule has 0 fully saturated rings. The van der Waals surface area contributed by atoms with Gasteiger partial charge in [0.2, 0.25) is 0 Å². The van der Waals surface area contributed by atoms with Gasteiger partial charge in [0.25, 0.3) is 0 Å². The molecule has 0 saturated carbocycles. The number of aromatic amines is 1. The van der Waals surface area contributed by atoms with Gasteiger partial charge in [-0.25, -0.2) is 0 Å². The van der Waals surface area contributed by atoms with Crippen LogP contribution in [-0.4, -0.2) is 25.7 Å². The van der Waals surface area contributed by atoms with Gasteiger partial charge >= 0.3 is 0 Å². The monoisotopic (exact) mass is 372 g/mol. The number of nitrogens with one attached hydrogen (secondary N) is 1. The lowest BCUT2D eigenvalue weighted by Gasteiger charge is -2.10. The maximum atomic E-state index is 6.34. The quantitative estimate of drug-likeness (QED) is 0.567. The number of methoxy groups -OCH3 is 2. The molecule has 3 rings (SSSR count). The summed E-state index contributed by atoms with van der Waals surface area (Å²) in [4.78, 5) is 3.59. The second-order valence-electron chi connectivity index (χ2n) is 6.39. The van der Waals surface area contributed by atoms with E-state index in [0.717, 1.165) is 52.4 Å². The van der Waals surface area contributed by atoms with Crippen LogP contribution < -0.4 is 15.2 Å². The van der Waals surface area contributed by atoms with Crippen LogP contribution in [0, 0.1) is 6.92 Å². The Balaban J connectivity index is 2.17. The maximum absolute atomic E-state index is 6.34. The molecule has 1 aromatic heterocycles. The third-order valence-electron chi connectivity index (χ3n) is 4.83. The minimum atomic E-state index is 0.707. The van der Waals surface area contributed by atoms with Crippen molar-refractivity contribution in [1.82, 2.24) is 4.98 Å². The van der Waals surface area contributed by atoms with Crippen LogP contribution in [0.4, 0.5) is 0 Å². The highest BCUT2D eigenvalue weighted by Crippen LogP contribution is 2.38. The van der Waals surface area contributed by atoms with Crippen LogP contribution >= 0.6 is 11.6 Å². The average Bonchev–Trinajstić information content (AvgIpc) is 3.03. The normalized spacial score (nSPS) is 11.1. The van der Waals surface area contributed by atoms with E-state index >= 15 is 0 Å². The van der Waals surface area contributed by atoms with Gasteiger partial charge in [0, 0.05) is 21.7 Å². The Morgan fingerprint density at radius 2 is 1.81 bits per heavy atom. The zero-order valence-electron chi connectivity index (χ0n) is 15.5. The SMILES string of the molecule is COc1ccc(-c2[nH]c3c(C)c(Cl)ccc3c2CCCCN)cc1OC. The van der Waals surface area contributed by atoms with E-state index < -0.39 is 0 Å². The number of benzene rings is 2. The number of aryl methyl sites for hydroxylation is 2. The Morgan fingerprint density at radius 1 is 1.04 bits per heavy atom. The van der Waals surface area contributed by atoms with Gasteiger partial charge in [-0.05, 0) is 68.1 Å². The van der Waals surface area contributed by atoms with Crippen LogP contribution in [0.25, 0.3) is 22.2 Å². The minimum absolute atomic E-state index is 0.707. The van der Waals surface area contributed by atoms with Crippen molar-refractivity contribution in [2.75, 3.05) is 20.8 Å². The van der Waals surface area contributed by atoms with Crippen molar-refractivity contribution >= 4 is 22.5 Å². The highest BCUT2D eigenvalue weighted by molar-refractivity contribution is 6.32. The first-order valence-electron chi connectivity index (χ1n) is 8.82. The zero-order valence-corrected chi connectivity index (χ0v) is 16.2. The van der Waals surface area contributed by atoms with E-state index in [1.54, 1.807) is 14.2 Å². The van der Waals surface area contributed by atoms with Gasteiger partial charge in [-0.2, -0.15) is 0 Å². The molecule has 3 aromatic rings. The van der Waals surface area contributed by atoms with E-state index in [2.05, 4.69) is 17.1 Å². The Labute approximate surface area is 159 Å². The smallest absolute Gasteiger partial charge is 0.161 e. The largest absolute Gasteiger partial charge is 0.493 e. The molecule has 0 aliphatic carbocycles. The highest BCUT2D eigenvalue weighted by atomic mass is 35.5. The van der Waals surface area contributed by atoms with Crippen LogP contribution in [0.3, 0.4) is 0 Å². The van der Waals surface area contributed by atoms with Crippen molar-refractivity contribution < 1.29 is 9.47 Å². The fraction of sp³-hybridized carbons (Fsp3) is 0.333. The van der Waals surface area contributed by atoms with Crippen molar-refractivity contribution in [3.63, 3.8) is 0 Å². The Hall–Kier alpha value is -2.17. The van der Waals surface area contributed by atoms with E-state index in [1.165, 1.54) is 10.9 Å². The fourth-order valence-corrected chi connectivity index (χ4v) is 3.54. The lowest BCUT2D eigenvalue weighted by Crippen LogP contribution is -1.99. The average molecular weight is 373 g/mol. The molecule has 0 amide bonds. The van der Waals surface area contributed by atoms with Crippen molar-refractivity contribution in [3.8, 4) is 22.8 Å². The van der Waals surface area contributed by atoms with Gasteiger partial charge in [-0.15, -0.1) is 0 Å². The first-order valence-corrected chi connectivity index (χ1v) is 9.20. The van der Waals surface area contributed by atoms with Crippen molar-refractivity contribution in [3.05, 3.63) is 46.5 Å². The number of H-pyrrole nitrogens is 1. The number of ether oxygens (including phenoxy) is 2. The van der Waals surface area contributed by atoms with Crippen molar-refractivity contribution in [2.24, 2.45) is 5.73 Å². The number of fused-ring (bicyclic) bond motifs is 1. The standard InChI is InChI=1S/C21H25ClN2O2/c1-13-17(22)9-8-16-15(6-4-5-11-23)21(24-20(13)16)14-7-10-18(25-2)19(12-14)26-3/h7-10,12,24H,4-6,11,23H2,1-3H3. The van der Waals surface area contributed by atoms with Crippen molar-refractivity contribution in [1.29, 1.82) is 0 Å². The highest BCUT2D eigenvalue weighted by Gasteiger charge is 2.17. The molecular weight excluding hydrogens is 348 g/mol. The summed E-state index contributed by atoms with van der Waals surface area (Å²) in [7, 11) is 3.29. The molecule has 0 aliphatic heterocycles. The van der Waals surface area contributed by atoms with Gasteiger partial charge in [0.15, 0.2) is 11.5 Å². The van der Waals surface area contributed by atoms with Gasteiger partial charge in [0.05, 0.1) is 19.7 Å². The van der Waals surface area contributed by atoms with E-state index in [4.69, 9.17) is 26.8 Å². The number of aromatic nitrogens is 1. The second-order valence-corrected chi connectivity index (χ2v) is 6.80. The summed E-state index contributed by atoms with van der Waals surface area (Å²) in [5.74, 6) is 1.43. The molecule has 26 heavy (non-hydrogen) atoms. The Morgan fingerprint density at radius 3 is 2.50 bits per heavy atom. The molecule has 4 nitrogen and oxygen atoms in total. The molecule has 1 heterocycles. The molecule has 138 valence electrons. The second kappa shape index (κ2) is 8.02. The summed E-state index contributed by atoms with van der Waals surface area (Å²) in [5.41, 5.74) is 11.3. The summed E-state index contributed by atoms with van der Waals surface area (Å²) in [5, 5.41) is 1.99. The number of hydrogen-bond donors (Lipinski definition) is 2. The van der Waals surface area contributed by atoms with E-state index in [1.807, 2.05) is 25.1 Å². The summed E-state index contributed by atoms with van der Waals surface area (Å²) in [6.45, 7) is 2.75. The van der Waals surface area contributed by atoms with Gasteiger partial charge in [-0.1, -0.05) is 17.7 Å². The molecule has 0 aliphatic rings. The van der Waals surface area contributed by atoms with Crippen LogP contribution in [0.5, 0.6) is 11.5 Å². The lowest BCUT2D eigenvalue weighted by atomic mass is 9.99. The molecule has 0 saturated heterocycles. The molecule has 0 atom stereocenters. The molecule has 0 spiro atoms. The Bertz CT molecular complexity index is 918. The van der Waals surface area contributed by atoms with Crippen molar-refractivity contribution in [2.45, 2.75) is 26.2 Å². The van der Waals surface area contributed by atoms with Gasteiger partial charge in [0.1, 0.15) is 0 Å². The zero-order chi connectivity index (χ0) is 18.7. The first-order chi connectivity index (χ1) is 12.6. The van der Waals surface area contributed by atoms with Crippen LogP contribution in [-0.2, 0) is 6.42 Å². The number of nitrogens with two attached hydrogens (primary N) is 1. The molecule has 0 radical (unpaired) electrons. The summed E-state index contributed by atoms with van der Waals surface area (Å²) in [6.07, 6.45) is 3.01. The maximum Gasteiger partial charge on any atom is 0.161 e. The number of unbranched alkanes of at least 4 members (excludes halogenated alkanes) is 1. The Kier molecular flexibility index (Phi) is 5.74. The lowest BCUT2D eigenvalue weighted by molar-refractivity contribution is 0.355. The summed E-state index contributed by atoms with van der Waals surface area (Å²) < 4.78 is 10.8. The number of hydrogen-bond acceptors (Lipinski definition) is 3. The van der Waals surface area contributed by atoms with Crippen LogP contribution in [0.2, 0.25) is 5.02 Å². The molecule has 2 aromatic carbocycles. The number of halogens is 1. The number of rotatable bonds is 7. The van der Waals surface area contributed by atoms with E-state index in [0.29, 0.717) is 12.3 Å². The third kappa shape index (κ3) is 3.39. The predicted molar refractivity (Wildman–Crippen MR) is 109 cm³/mol. The fourth-order valence-electron chi connectivity index (χ4n) is 3.38. The summed E-state index contributed by atoms with van der Waals surface area (Å²) >= 11 is 6.34. The minimum Gasteiger partial charge on any atom is -0.493 e. The summed E-state index contributed by atoms with van der Waals surface area (Å²) in [6, 6.07) is 10.1. The van der Waals surface area contributed by atoms with Crippen LogP contribution in [0.15, 0.2) is 30.3 Å². The van der Waals surface area contributed by atoms with Gasteiger partial charge < -0.3 is 20.2 Å². The van der Waals surface area contributed by atoms with Gasteiger partial charge in [-0.3, -0.25) is 0 Å². The molecule has 3 N–H and O–H groups in total. The molecule has 5 heteroatoms. The molecule has 0 bridgehead atoms. The third-order valence-corrected chi connectivity index (χ3v) is 5.24. The first kappa shape index (κ1) is 18.6.